The quantitative estimate of drug-likeness (QED) is 0.872. The SMILES string of the molecule is CCCn1ccnc1C1(O)CCCCC1CC. The zero-order valence-corrected chi connectivity index (χ0v) is 11.0. The fourth-order valence-corrected chi connectivity index (χ4v) is 3.18. The number of hydrogen-bond donors (Lipinski definition) is 1. The van der Waals surface area contributed by atoms with Gasteiger partial charge in [0.2, 0.25) is 0 Å². The van der Waals surface area contributed by atoms with Crippen LogP contribution in [0.3, 0.4) is 0 Å². The van der Waals surface area contributed by atoms with Gasteiger partial charge in [-0.1, -0.05) is 33.1 Å². The molecular formula is C14H24N2O. The normalized spacial score (nSPS) is 29.5. The highest BCUT2D eigenvalue weighted by atomic mass is 16.3. The van der Waals surface area contributed by atoms with Gasteiger partial charge >= 0.3 is 0 Å². The van der Waals surface area contributed by atoms with Crippen LogP contribution in [0.4, 0.5) is 0 Å². The summed E-state index contributed by atoms with van der Waals surface area (Å²) in [6.45, 7) is 5.29. The average molecular weight is 236 g/mol. The molecule has 3 nitrogen and oxygen atoms in total. The van der Waals surface area contributed by atoms with E-state index in [0.717, 1.165) is 44.5 Å². The lowest BCUT2D eigenvalue weighted by molar-refractivity contribution is -0.0655. The molecule has 0 radical (unpaired) electrons. The van der Waals surface area contributed by atoms with E-state index in [4.69, 9.17) is 0 Å². The molecule has 1 saturated carbocycles. The standard InChI is InChI=1S/C14H24N2O/c1-3-10-16-11-9-15-13(16)14(17)8-6-5-7-12(14)4-2/h9,11-12,17H,3-8,10H2,1-2H3. The van der Waals surface area contributed by atoms with Crippen LogP contribution in [0.15, 0.2) is 12.4 Å². The maximum atomic E-state index is 11.0. The Labute approximate surface area is 104 Å². The zero-order valence-electron chi connectivity index (χ0n) is 11.0. The van der Waals surface area contributed by atoms with Crippen molar-refractivity contribution in [2.24, 2.45) is 5.92 Å². The van der Waals surface area contributed by atoms with Crippen molar-refractivity contribution in [3.63, 3.8) is 0 Å². The molecule has 2 rings (SSSR count). The Bertz CT molecular complexity index is 361. The van der Waals surface area contributed by atoms with E-state index in [9.17, 15) is 5.11 Å². The highest BCUT2D eigenvalue weighted by Crippen LogP contribution is 2.42. The van der Waals surface area contributed by atoms with Crippen LogP contribution in [0.2, 0.25) is 0 Å². The van der Waals surface area contributed by atoms with Gasteiger partial charge in [0, 0.05) is 18.9 Å². The topological polar surface area (TPSA) is 38.0 Å². The van der Waals surface area contributed by atoms with Crippen LogP contribution in [0.5, 0.6) is 0 Å². The second kappa shape index (κ2) is 5.21. The molecular weight excluding hydrogens is 212 g/mol. The third kappa shape index (κ3) is 2.25. The van der Waals surface area contributed by atoms with Crippen molar-refractivity contribution in [3.8, 4) is 0 Å². The first-order chi connectivity index (χ1) is 8.22. The van der Waals surface area contributed by atoms with Gasteiger partial charge in [-0.25, -0.2) is 4.98 Å². The Morgan fingerprint density at radius 1 is 1.47 bits per heavy atom. The van der Waals surface area contributed by atoms with Crippen molar-refractivity contribution in [2.45, 2.75) is 64.5 Å². The first-order valence-electron chi connectivity index (χ1n) is 6.96. The van der Waals surface area contributed by atoms with Gasteiger partial charge in [0.05, 0.1) is 0 Å². The summed E-state index contributed by atoms with van der Waals surface area (Å²) in [5.41, 5.74) is -0.689. The Morgan fingerprint density at radius 2 is 2.29 bits per heavy atom. The van der Waals surface area contributed by atoms with Crippen LogP contribution in [0.25, 0.3) is 0 Å². The summed E-state index contributed by atoms with van der Waals surface area (Å²) in [5.74, 6) is 1.26. The molecule has 2 atom stereocenters. The van der Waals surface area contributed by atoms with Gasteiger partial charge in [0.1, 0.15) is 11.4 Å². The van der Waals surface area contributed by atoms with Gasteiger partial charge in [-0.05, 0) is 25.2 Å². The summed E-state index contributed by atoms with van der Waals surface area (Å²) >= 11 is 0. The first-order valence-corrected chi connectivity index (χ1v) is 6.96. The van der Waals surface area contributed by atoms with Crippen LogP contribution in [0, 0.1) is 5.92 Å². The molecule has 1 fully saturated rings. The number of aliphatic hydroxyl groups is 1. The third-order valence-corrected chi connectivity index (χ3v) is 4.10. The van der Waals surface area contributed by atoms with Crippen LogP contribution in [0.1, 0.15) is 58.2 Å². The number of imidazole rings is 1. The summed E-state index contributed by atoms with van der Waals surface area (Å²) in [5, 5.41) is 11.0. The van der Waals surface area contributed by atoms with Gasteiger partial charge in [0.25, 0.3) is 0 Å². The molecule has 1 heterocycles. The minimum absolute atomic E-state index is 0.370. The lowest BCUT2D eigenvalue weighted by Crippen LogP contribution is -2.40. The van der Waals surface area contributed by atoms with E-state index in [1.807, 2.05) is 12.4 Å². The van der Waals surface area contributed by atoms with E-state index in [1.165, 1.54) is 6.42 Å². The molecule has 0 saturated heterocycles. The third-order valence-electron chi connectivity index (χ3n) is 4.10. The Balaban J connectivity index is 2.31. The van der Waals surface area contributed by atoms with Crippen molar-refractivity contribution in [1.29, 1.82) is 0 Å². The van der Waals surface area contributed by atoms with Gasteiger partial charge in [-0.3, -0.25) is 0 Å². The lowest BCUT2D eigenvalue weighted by Gasteiger charge is -2.39. The number of aryl methyl sites for hydroxylation is 1. The van der Waals surface area contributed by atoms with E-state index >= 15 is 0 Å². The van der Waals surface area contributed by atoms with Gasteiger partial charge in [0.15, 0.2) is 0 Å². The number of hydrogen-bond acceptors (Lipinski definition) is 2. The fourth-order valence-electron chi connectivity index (χ4n) is 3.18. The smallest absolute Gasteiger partial charge is 0.141 e. The number of aromatic nitrogens is 2. The Kier molecular flexibility index (Phi) is 3.87. The molecule has 17 heavy (non-hydrogen) atoms. The molecule has 1 aromatic rings. The molecule has 3 heteroatoms. The zero-order chi connectivity index (χ0) is 12.3. The van der Waals surface area contributed by atoms with Crippen molar-refractivity contribution >= 4 is 0 Å². The van der Waals surface area contributed by atoms with E-state index in [2.05, 4.69) is 23.4 Å². The molecule has 0 amide bonds. The number of nitrogens with zero attached hydrogens (tertiary/aromatic N) is 2. The highest BCUT2D eigenvalue weighted by molar-refractivity contribution is 5.09. The second-order valence-electron chi connectivity index (χ2n) is 5.22. The first kappa shape index (κ1) is 12.6. The summed E-state index contributed by atoms with van der Waals surface area (Å²) in [7, 11) is 0. The van der Waals surface area contributed by atoms with E-state index in [-0.39, 0.29) is 0 Å². The lowest BCUT2D eigenvalue weighted by atomic mass is 9.73. The van der Waals surface area contributed by atoms with Crippen molar-refractivity contribution in [2.75, 3.05) is 0 Å². The summed E-state index contributed by atoms with van der Waals surface area (Å²) in [6.07, 6.45) is 10.3. The van der Waals surface area contributed by atoms with Crippen LogP contribution in [-0.4, -0.2) is 14.7 Å². The molecule has 1 aliphatic rings. The highest BCUT2D eigenvalue weighted by Gasteiger charge is 2.42. The van der Waals surface area contributed by atoms with Crippen LogP contribution in [-0.2, 0) is 12.1 Å². The van der Waals surface area contributed by atoms with E-state index in [0.29, 0.717) is 5.92 Å². The molecule has 0 aliphatic heterocycles. The van der Waals surface area contributed by atoms with Crippen LogP contribution >= 0.6 is 0 Å². The minimum Gasteiger partial charge on any atom is -0.382 e. The average Bonchev–Trinajstić information content (AvgIpc) is 2.79. The predicted octanol–water partition coefficient (Wildman–Crippen LogP) is 3.08. The van der Waals surface area contributed by atoms with Crippen molar-refractivity contribution in [3.05, 3.63) is 18.2 Å². The summed E-state index contributed by atoms with van der Waals surface area (Å²) < 4.78 is 2.13. The van der Waals surface area contributed by atoms with E-state index < -0.39 is 5.60 Å². The molecule has 1 aromatic heterocycles. The van der Waals surface area contributed by atoms with Gasteiger partial charge in [-0.2, -0.15) is 0 Å². The minimum atomic E-state index is -0.689. The maximum absolute atomic E-state index is 11.0. The summed E-state index contributed by atoms with van der Waals surface area (Å²) in [6, 6.07) is 0. The van der Waals surface area contributed by atoms with Crippen molar-refractivity contribution in [1.82, 2.24) is 9.55 Å². The molecule has 1 N–H and O–H groups in total. The van der Waals surface area contributed by atoms with Gasteiger partial charge < -0.3 is 9.67 Å². The Hall–Kier alpha value is -0.830. The van der Waals surface area contributed by atoms with Gasteiger partial charge in [-0.15, -0.1) is 0 Å². The molecule has 0 aromatic carbocycles. The molecule has 1 aliphatic carbocycles. The Morgan fingerprint density at radius 3 is 3.00 bits per heavy atom. The largest absolute Gasteiger partial charge is 0.382 e. The fraction of sp³-hybridized carbons (Fsp3) is 0.786. The second-order valence-corrected chi connectivity index (χ2v) is 5.22. The molecule has 96 valence electrons. The summed E-state index contributed by atoms with van der Waals surface area (Å²) in [4.78, 5) is 4.44. The number of rotatable bonds is 4. The predicted molar refractivity (Wildman–Crippen MR) is 68.7 cm³/mol. The monoisotopic (exact) mass is 236 g/mol. The van der Waals surface area contributed by atoms with Crippen LogP contribution < -0.4 is 0 Å². The molecule has 2 unspecified atom stereocenters. The van der Waals surface area contributed by atoms with E-state index in [1.54, 1.807) is 0 Å². The molecule has 0 bridgehead atoms. The van der Waals surface area contributed by atoms with Crippen molar-refractivity contribution < 1.29 is 5.11 Å². The maximum Gasteiger partial charge on any atom is 0.141 e. The molecule has 0 spiro atoms.